The van der Waals surface area contributed by atoms with Crippen molar-refractivity contribution < 1.29 is 9.32 Å². The van der Waals surface area contributed by atoms with E-state index >= 15 is 0 Å². The maximum atomic E-state index is 11.3. The van der Waals surface area contributed by atoms with Crippen LogP contribution in [0.3, 0.4) is 0 Å². The fourth-order valence-corrected chi connectivity index (χ4v) is 1.50. The molecule has 18 heavy (non-hydrogen) atoms. The largest absolute Gasteiger partial charge is 0.399 e. The molecule has 0 fully saturated rings. The number of aromatic nitrogens is 2. The first-order valence-corrected chi connectivity index (χ1v) is 5.28. The lowest BCUT2D eigenvalue weighted by atomic mass is 10.1. The second-order valence-corrected chi connectivity index (χ2v) is 3.76. The van der Waals surface area contributed by atoms with Crippen molar-refractivity contribution in [3.63, 3.8) is 0 Å². The Labute approximate surface area is 103 Å². The molecule has 0 saturated carbocycles. The molecule has 2 aromatic rings. The van der Waals surface area contributed by atoms with Crippen LogP contribution < -0.4 is 16.8 Å². The van der Waals surface area contributed by atoms with Crippen molar-refractivity contribution in [1.29, 1.82) is 0 Å². The molecule has 0 saturated heterocycles. The van der Waals surface area contributed by atoms with E-state index in [0.717, 1.165) is 0 Å². The second-order valence-electron chi connectivity index (χ2n) is 3.76. The molecule has 0 bridgehead atoms. The monoisotopic (exact) mass is 247 g/mol. The number of hydrogen-bond acceptors (Lipinski definition) is 6. The van der Waals surface area contributed by atoms with Gasteiger partial charge in [-0.3, -0.25) is 4.79 Å². The highest BCUT2D eigenvalue weighted by Crippen LogP contribution is 2.19. The molecule has 2 rings (SSSR count). The summed E-state index contributed by atoms with van der Waals surface area (Å²) < 4.78 is 4.95. The van der Waals surface area contributed by atoms with Gasteiger partial charge in [0.25, 0.3) is 5.91 Å². The number of nitrogens with two attached hydrogens (primary N) is 2. The molecule has 94 valence electrons. The molecule has 7 nitrogen and oxygen atoms in total. The van der Waals surface area contributed by atoms with Gasteiger partial charge in [-0.25, -0.2) is 0 Å². The molecule has 7 heteroatoms. The van der Waals surface area contributed by atoms with E-state index in [1.807, 2.05) is 0 Å². The molecular weight excluding hydrogens is 234 g/mol. The van der Waals surface area contributed by atoms with Crippen LogP contribution in [0.5, 0.6) is 0 Å². The Bertz CT molecular complexity index is 579. The average Bonchev–Trinajstić information content (AvgIpc) is 2.73. The fourth-order valence-electron chi connectivity index (χ4n) is 1.50. The van der Waals surface area contributed by atoms with E-state index in [9.17, 15) is 4.79 Å². The third-order valence-corrected chi connectivity index (χ3v) is 2.31. The Morgan fingerprint density at radius 1 is 1.50 bits per heavy atom. The lowest BCUT2D eigenvalue weighted by molar-refractivity contribution is 0.100. The number of primary amides is 1. The summed E-state index contributed by atoms with van der Waals surface area (Å²) >= 11 is 0. The van der Waals surface area contributed by atoms with E-state index < -0.39 is 5.91 Å². The van der Waals surface area contributed by atoms with Crippen molar-refractivity contribution in [3.05, 3.63) is 35.5 Å². The lowest BCUT2D eigenvalue weighted by Gasteiger charge is -2.08. The minimum absolute atomic E-state index is 0.311. The van der Waals surface area contributed by atoms with Gasteiger partial charge >= 0.3 is 0 Å². The predicted molar refractivity (Wildman–Crippen MR) is 65.7 cm³/mol. The van der Waals surface area contributed by atoms with Gasteiger partial charge in [-0.05, 0) is 25.1 Å². The van der Waals surface area contributed by atoms with E-state index in [1.165, 1.54) is 6.07 Å². The van der Waals surface area contributed by atoms with E-state index in [-0.39, 0.29) is 0 Å². The van der Waals surface area contributed by atoms with Crippen molar-refractivity contribution in [2.75, 3.05) is 11.1 Å². The molecule has 1 aromatic heterocycles. The van der Waals surface area contributed by atoms with Gasteiger partial charge in [0.2, 0.25) is 5.89 Å². The Morgan fingerprint density at radius 2 is 2.28 bits per heavy atom. The van der Waals surface area contributed by atoms with Crippen LogP contribution in [0.1, 0.15) is 22.1 Å². The average molecular weight is 247 g/mol. The number of amides is 1. The zero-order valence-corrected chi connectivity index (χ0v) is 9.80. The highest BCUT2D eigenvalue weighted by molar-refractivity contribution is 5.99. The zero-order chi connectivity index (χ0) is 13.1. The number of anilines is 2. The number of nitrogens with zero attached hydrogens (tertiary/aromatic N) is 2. The summed E-state index contributed by atoms with van der Waals surface area (Å²) in [4.78, 5) is 15.3. The highest BCUT2D eigenvalue weighted by atomic mass is 16.5. The van der Waals surface area contributed by atoms with Crippen LogP contribution in [0.15, 0.2) is 22.7 Å². The Morgan fingerprint density at radius 3 is 2.89 bits per heavy atom. The molecule has 0 aliphatic heterocycles. The quantitative estimate of drug-likeness (QED) is 0.683. The van der Waals surface area contributed by atoms with Crippen LogP contribution in [0.4, 0.5) is 11.4 Å². The molecular formula is C11H13N5O2. The summed E-state index contributed by atoms with van der Waals surface area (Å²) in [7, 11) is 0. The van der Waals surface area contributed by atoms with Gasteiger partial charge < -0.3 is 21.3 Å². The van der Waals surface area contributed by atoms with E-state index in [2.05, 4.69) is 15.5 Å². The minimum Gasteiger partial charge on any atom is -0.399 e. The van der Waals surface area contributed by atoms with Gasteiger partial charge in [0.15, 0.2) is 5.82 Å². The summed E-state index contributed by atoms with van der Waals surface area (Å²) in [6, 6.07) is 4.87. The Hall–Kier alpha value is -2.57. The number of hydrogen-bond donors (Lipinski definition) is 3. The van der Waals surface area contributed by atoms with E-state index in [1.54, 1.807) is 19.1 Å². The molecule has 0 atom stereocenters. The molecule has 1 heterocycles. The van der Waals surface area contributed by atoms with Crippen LogP contribution in [0.25, 0.3) is 0 Å². The van der Waals surface area contributed by atoms with Crippen LogP contribution in [0.2, 0.25) is 0 Å². The third-order valence-electron chi connectivity index (χ3n) is 2.31. The second kappa shape index (κ2) is 4.74. The first-order chi connectivity index (χ1) is 8.56. The molecule has 0 aliphatic rings. The molecule has 0 spiro atoms. The number of carbonyl (C=O) groups is 1. The number of benzene rings is 1. The van der Waals surface area contributed by atoms with Gasteiger partial charge in [-0.2, -0.15) is 4.98 Å². The van der Waals surface area contributed by atoms with Crippen molar-refractivity contribution in [1.82, 2.24) is 10.1 Å². The summed E-state index contributed by atoms with van der Waals surface area (Å²) in [5.41, 5.74) is 12.2. The van der Waals surface area contributed by atoms with Crippen molar-refractivity contribution in [3.8, 4) is 0 Å². The molecule has 0 aliphatic carbocycles. The lowest BCUT2D eigenvalue weighted by Crippen LogP contribution is -2.15. The summed E-state index contributed by atoms with van der Waals surface area (Å²) in [5.74, 6) is 0.436. The summed E-state index contributed by atoms with van der Waals surface area (Å²) in [5, 5.41) is 6.66. The van der Waals surface area contributed by atoms with Gasteiger partial charge in [0.1, 0.15) is 0 Å². The van der Waals surface area contributed by atoms with Crippen LogP contribution in [-0.2, 0) is 6.54 Å². The highest BCUT2D eigenvalue weighted by Gasteiger charge is 2.09. The number of rotatable bonds is 4. The first-order valence-electron chi connectivity index (χ1n) is 5.28. The summed E-state index contributed by atoms with van der Waals surface area (Å²) in [6.07, 6.45) is 0. The number of aryl methyl sites for hydroxylation is 1. The smallest absolute Gasteiger partial charge is 0.250 e. The van der Waals surface area contributed by atoms with Gasteiger partial charge in [-0.1, -0.05) is 5.16 Å². The zero-order valence-electron chi connectivity index (χ0n) is 9.80. The van der Waals surface area contributed by atoms with Gasteiger partial charge in [0.05, 0.1) is 12.1 Å². The molecule has 5 N–H and O–H groups in total. The molecule has 0 radical (unpaired) electrons. The van der Waals surface area contributed by atoms with Gasteiger partial charge in [-0.15, -0.1) is 0 Å². The maximum Gasteiger partial charge on any atom is 0.250 e. The van der Waals surface area contributed by atoms with Crippen molar-refractivity contribution in [2.45, 2.75) is 13.5 Å². The van der Waals surface area contributed by atoms with Crippen molar-refractivity contribution >= 4 is 17.3 Å². The molecule has 1 aromatic carbocycles. The van der Waals surface area contributed by atoms with Crippen LogP contribution in [-0.4, -0.2) is 16.0 Å². The topological polar surface area (TPSA) is 120 Å². The Kier molecular flexibility index (Phi) is 3.13. The number of nitrogens with one attached hydrogen (secondary N) is 1. The molecule has 0 unspecified atom stereocenters. The fraction of sp³-hybridized carbons (Fsp3) is 0.182. The Balaban J connectivity index is 2.16. The summed E-state index contributed by atoms with van der Waals surface area (Å²) in [6.45, 7) is 2.04. The minimum atomic E-state index is -0.550. The van der Waals surface area contributed by atoms with E-state index in [4.69, 9.17) is 16.0 Å². The normalized spacial score (nSPS) is 10.3. The number of carbonyl (C=O) groups excluding carboxylic acids is 1. The standard InChI is InChI=1S/C11H13N5O2/c1-6-15-10(18-16-6)5-14-9-3-2-7(12)4-8(9)11(13)17/h2-4,14H,5,12H2,1H3,(H2,13,17). The maximum absolute atomic E-state index is 11.3. The van der Waals surface area contributed by atoms with Crippen LogP contribution >= 0.6 is 0 Å². The number of nitrogen functional groups attached to an aromatic ring is 1. The van der Waals surface area contributed by atoms with Crippen molar-refractivity contribution in [2.24, 2.45) is 5.73 Å². The predicted octanol–water partition coefficient (Wildman–Crippen LogP) is 0.671. The SMILES string of the molecule is Cc1noc(CNc2ccc(N)cc2C(N)=O)n1. The third kappa shape index (κ3) is 2.57. The van der Waals surface area contributed by atoms with E-state index in [0.29, 0.717) is 35.2 Å². The molecule has 1 amide bonds. The first kappa shape index (κ1) is 11.9. The van der Waals surface area contributed by atoms with Crippen LogP contribution in [0, 0.1) is 6.92 Å². The van der Waals surface area contributed by atoms with Gasteiger partial charge in [0, 0.05) is 11.4 Å².